The van der Waals surface area contributed by atoms with Gasteiger partial charge in [-0.25, -0.2) is 0 Å². The number of thioether (sulfide) groups is 1. The van der Waals surface area contributed by atoms with Crippen LogP contribution in [0.15, 0.2) is 51.8 Å². The largest absolute Gasteiger partial charge is 0.384 e. The van der Waals surface area contributed by atoms with Crippen LogP contribution in [0.3, 0.4) is 0 Å². The molecule has 0 bridgehead atoms. The molecule has 0 aliphatic heterocycles. The van der Waals surface area contributed by atoms with Crippen LogP contribution in [0.25, 0.3) is 0 Å². The summed E-state index contributed by atoms with van der Waals surface area (Å²) in [6.07, 6.45) is 1.31. The Hall–Kier alpha value is -0.480. The van der Waals surface area contributed by atoms with E-state index in [0.717, 1.165) is 10.0 Å². The van der Waals surface area contributed by atoms with Crippen molar-refractivity contribution in [2.75, 3.05) is 6.26 Å². The summed E-state index contributed by atoms with van der Waals surface area (Å²) in [6.45, 7) is 0. The second-order valence-electron chi connectivity index (χ2n) is 3.81. The van der Waals surface area contributed by atoms with Crippen LogP contribution >= 0.6 is 39.3 Å². The number of rotatable bonds is 3. The summed E-state index contributed by atoms with van der Waals surface area (Å²) in [5.74, 6) is 0. The molecule has 2 aromatic rings. The Morgan fingerprint density at radius 3 is 2.39 bits per heavy atom. The Morgan fingerprint density at radius 2 is 1.83 bits per heavy atom. The molecule has 0 radical (unpaired) electrons. The van der Waals surface area contributed by atoms with Crippen LogP contribution in [-0.2, 0) is 0 Å². The molecule has 0 aromatic heterocycles. The van der Waals surface area contributed by atoms with Crippen molar-refractivity contribution in [3.05, 3.63) is 63.1 Å². The lowest BCUT2D eigenvalue weighted by Gasteiger charge is -2.15. The topological polar surface area (TPSA) is 20.2 Å². The summed E-state index contributed by atoms with van der Waals surface area (Å²) in [5.41, 5.74) is 1.54. The van der Waals surface area contributed by atoms with Gasteiger partial charge in [-0.05, 0) is 36.1 Å². The first-order valence-electron chi connectivity index (χ1n) is 5.39. The third kappa shape index (κ3) is 2.91. The molecule has 0 heterocycles. The minimum absolute atomic E-state index is 0.561. The van der Waals surface area contributed by atoms with Crippen molar-refractivity contribution in [2.45, 2.75) is 11.0 Å². The van der Waals surface area contributed by atoms with Crippen molar-refractivity contribution in [1.82, 2.24) is 0 Å². The SMILES string of the molecule is CSc1ccc(C(O)c2c(Cl)cccc2Br)cc1. The van der Waals surface area contributed by atoms with E-state index >= 15 is 0 Å². The third-order valence-electron chi connectivity index (χ3n) is 2.70. The van der Waals surface area contributed by atoms with Crippen LogP contribution in [0, 0.1) is 0 Å². The minimum atomic E-state index is -0.719. The van der Waals surface area contributed by atoms with Crippen LogP contribution in [0.5, 0.6) is 0 Å². The second-order valence-corrected chi connectivity index (χ2v) is 5.95. The lowest BCUT2D eigenvalue weighted by atomic mass is 10.0. The number of aliphatic hydroxyl groups excluding tert-OH is 1. The monoisotopic (exact) mass is 342 g/mol. The van der Waals surface area contributed by atoms with Crippen molar-refractivity contribution < 1.29 is 5.11 Å². The van der Waals surface area contributed by atoms with E-state index in [1.807, 2.05) is 42.7 Å². The van der Waals surface area contributed by atoms with E-state index in [9.17, 15) is 5.11 Å². The van der Waals surface area contributed by atoms with Crippen LogP contribution in [-0.4, -0.2) is 11.4 Å². The standard InChI is InChI=1S/C14H12BrClOS/c1-18-10-7-5-9(6-8-10)14(17)13-11(15)3-2-4-12(13)16/h2-8,14,17H,1H3. The van der Waals surface area contributed by atoms with Gasteiger partial charge >= 0.3 is 0 Å². The number of aliphatic hydroxyl groups is 1. The van der Waals surface area contributed by atoms with Crippen molar-refractivity contribution >= 4 is 39.3 Å². The zero-order valence-electron chi connectivity index (χ0n) is 9.73. The highest BCUT2D eigenvalue weighted by atomic mass is 79.9. The first-order chi connectivity index (χ1) is 8.63. The molecule has 1 nitrogen and oxygen atoms in total. The van der Waals surface area contributed by atoms with Crippen molar-refractivity contribution in [2.24, 2.45) is 0 Å². The van der Waals surface area contributed by atoms with Gasteiger partial charge in [0.2, 0.25) is 0 Å². The fourth-order valence-corrected chi connectivity index (χ4v) is 3.11. The van der Waals surface area contributed by atoms with Gasteiger partial charge < -0.3 is 5.11 Å². The Balaban J connectivity index is 2.38. The Labute approximate surface area is 124 Å². The van der Waals surface area contributed by atoms with E-state index in [2.05, 4.69) is 15.9 Å². The van der Waals surface area contributed by atoms with Gasteiger partial charge in [0, 0.05) is 20.0 Å². The van der Waals surface area contributed by atoms with Crippen LogP contribution in [0.2, 0.25) is 5.02 Å². The quantitative estimate of drug-likeness (QED) is 0.799. The van der Waals surface area contributed by atoms with Gasteiger partial charge in [0.15, 0.2) is 0 Å². The molecule has 1 N–H and O–H groups in total. The summed E-state index contributed by atoms with van der Waals surface area (Å²) in [7, 11) is 0. The second kappa shape index (κ2) is 6.11. The molecule has 0 fully saturated rings. The van der Waals surface area contributed by atoms with Gasteiger partial charge in [-0.15, -0.1) is 11.8 Å². The molecular formula is C14H12BrClOS. The van der Waals surface area contributed by atoms with Gasteiger partial charge in [-0.2, -0.15) is 0 Å². The van der Waals surface area contributed by atoms with Gasteiger partial charge in [0.25, 0.3) is 0 Å². The zero-order chi connectivity index (χ0) is 13.1. The predicted molar refractivity (Wildman–Crippen MR) is 81.4 cm³/mol. The number of benzene rings is 2. The van der Waals surface area contributed by atoms with E-state index in [1.165, 1.54) is 4.90 Å². The highest BCUT2D eigenvalue weighted by Gasteiger charge is 2.16. The molecule has 18 heavy (non-hydrogen) atoms. The lowest BCUT2D eigenvalue weighted by molar-refractivity contribution is 0.219. The molecule has 0 spiro atoms. The molecule has 2 rings (SSSR count). The van der Waals surface area contributed by atoms with Crippen LogP contribution in [0.4, 0.5) is 0 Å². The maximum atomic E-state index is 10.4. The zero-order valence-corrected chi connectivity index (χ0v) is 12.9. The number of halogens is 2. The van der Waals surface area contributed by atoms with Crippen molar-refractivity contribution in [3.8, 4) is 0 Å². The fourth-order valence-electron chi connectivity index (χ4n) is 1.72. The first-order valence-corrected chi connectivity index (χ1v) is 7.79. The molecule has 94 valence electrons. The molecule has 1 unspecified atom stereocenters. The molecule has 1 atom stereocenters. The smallest absolute Gasteiger partial charge is 0.107 e. The van der Waals surface area contributed by atoms with E-state index in [-0.39, 0.29) is 0 Å². The van der Waals surface area contributed by atoms with E-state index in [4.69, 9.17) is 11.6 Å². The summed E-state index contributed by atoms with van der Waals surface area (Å²) < 4.78 is 0.816. The Bertz CT molecular complexity index is 522. The Morgan fingerprint density at radius 1 is 1.17 bits per heavy atom. The van der Waals surface area contributed by atoms with E-state index in [0.29, 0.717) is 10.6 Å². The molecule has 0 amide bonds. The Kier molecular flexibility index (Phi) is 4.73. The van der Waals surface area contributed by atoms with Crippen molar-refractivity contribution in [1.29, 1.82) is 0 Å². The number of hydrogen-bond donors (Lipinski definition) is 1. The molecule has 0 aliphatic carbocycles. The fraction of sp³-hybridized carbons (Fsp3) is 0.143. The molecule has 4 heteroatoms. The van der Waals surface area contributed by atoms with Crippen LogP contribution < -0.4 is 0 Å². The average molecular weight is 344 g/mol. The first kappa shape index (κ1) is 13.9. The lowest BCUT2D eigenvalue weighted by Crippen LogP contribution is -2.01. The minimum Gasteiger partial charge on any atom is -0.384 e. The molecule has 0 aliphatic rings. The predicted octanol–water partition coefficient (Wildman–Crippen LogP) is 4.91. The molecule has 2 aromatic carbocycles. The summed E-state index contributed by atoms with van der Waals surface area (Å²) in [6, 6.07) is 13.3. The summed E-state index contributed by atoms with van der Waals surface area (Å²) >= 11 is 11.2. The molecule has 0 saturated heterocycles. The van der Waals surface area contributed by atoms with Gasteiger partial charge in [0.1, 0.15) is 6.10 Å². The maximum absolute atomic E-state index is 10.4. The average Bonchev–Trinajstić information content (AvgIpc) is 2.38. The van der Waals surface area contributed by atoms with Crippen LogP contribution in [0.1, 0.15) is 17.2 Å². The highest BCUT2D eigenvalue weighted by molar-refractivity contribution is 9.10. The molecular weight excluding hydrogens is 332 g/mol. The third-order valence-corrected chi connectivity index (χ3v) is 4.47. The van der Waals surface area contributed by atoms with Gasteiger partial charge in [-0.1, -0.05) is 45.7 Å². The highest BCUT2D eigenvalue weighted by Crippen LogP contribution is 2.34. The van der Waals surface area contributed by atoms with Gasteiger partial charge in [0.05, 0.1) is 0 Å². The summed E-state index contributed by atoms with van der Waals surface area (Å²) in [4.78, 5) is 1.17. The van der Waals surface area contributed by atoms with Gasteiger partial charge in [-0.3, -0.25) is 0 Å². The normalized spacial score (nSPS) is 12.4. The maximum Gasteiger partial charge on any atom is 0.107 e. The molecule has 0 saturated carbocycles. The summed E-state index contributed by atoms with van der Waals surface area (Å²) in [5, 5.41) is 11.0. The number of hydrogen-bond acceptors (Lipinski definition) is 2. The van der Waals surface area contributed by atoms with E-state index in [1.54, 1.807) is 17.8 Å². The van der Waals surface area contributed by atoms with E-state index < -0.39 is 6.10 Å². The van der Waals surface area contributed by atoms with Crippen molar-refractivity contribution in [3.63, 3.8) is 0 Å².